The van der Waals surface area contributed by atoms with Crippen molar-refractivity contribution in [3.8, 4) is 5.75 Å². The number of thiophene rings is 1. The predicted molar refractivity (Wildman–Crippen MR) is 102 cm³/mol. The van der Waals surface area contributed by atoms with Crippen LogP contribution in [0.15, 0.2) is 53.2 Å². The number of aromatic nitrogens is 1. The lowest BCUT2D eigenvalue weighted by atomic mass is 10.1. The van der Waals surface area contributed by atoms with Crippen LogP contribution in [0.25, 0.3) is 0 Å². The van der Waals surface area contributed by atoms with Gasteiger partial charge in [0.25, 0.3) is 0 Å². The number of hydrogen-bond donors (Lipinski definition) is 0. The fraction of sp³-hybridized carbons (Fsp3) is 0.286. The number of rotatable bonds is 3. The third kappa shape index (κ3) is 3.75. The van der Waals surface area contributed by atoms with Crippen LogP contribution in [0.1, 0.15) is 34.2 Å². The Morgan fingerprint density at radius 3 is 2.92 bits per heavy atom. The summed E-state index contributed by atoms with van der Waals surface area (Å²) >= 11 is 1.72. The molecule has 0 spiro atoms. The summed E-state index contributed by atoms with van der Waals surface area (Å²) in [5.41, 5.74) is 5.95. The van der Waals surface area contributed by atoms with Crippen molar-refractivity contribution in [1.29, 1.82) is 0 Å². The number of pyridine rings is 1. The second-order valence-corrected chi connectivity index (χ2v) is 7.49. The standard InChI is InChI=1S/C21H22N2OS/c1-15-6-7-20-18(10-15)11-23(12-19-5-3-4-16(2)22-19)13-21(24-20)17-8-9-25-14-17/h3-10,14,21H,11-13H2,1-2H3. The van der Waals surface area contributed by atoms with Gasteiger partial charge in [-0.3, -0.25) is 9.88 Å². The van der Waals surface area contributed by atoms with Crippen molar-refractivity contribution in [2.45, 2.75) is 33.0 Å². The van der Waals surface area contributed by atoms with Gasteiger partial charge in [0.15, 0.2) is 0 Å². The molecule has 4 rings (SSSR count). The fourth-order valence-electron chi connectivity index (χ4n) is 3.35. The van der Waals surface area contributed by atoms with Crippen molar-refractivity contribution in [3.05, 3.63) is 81.3 Å². The smallest absolute Gasteiger partial charge is 0.137 e. The minimum Gasteiger partial charge on any atom is -0.484 e. The molecule has 3 nitrogen and oxygen atoms in total. The van der Waals surface area contributed by atoms with E-state index in [2.05, 4.69) is 64.0 Å². The number of hydrogen-bond acceptors (Lipinski definition) is 4. The normalized spacial score (nSPS) is 17.6. The van der Waals surface area contributed by atoms with E-state index in [0.717, 1.165) is 36.8 Å². The van der Waals surface area contributed by atoms with Gasteiger partial charge in [0, 0.05) is 36.5 Å². The summed E-state index contributed by atoms with van der Waals surface area (Å²) in [7, 11) is 0. The molecule has 1 aromatic carbocycles. The van der Waals surface area contributed by atoms with Gasteiger partial charge in [0.2, 0.25) is 0 Å². The highest BCUT2D eigenvalue weighted by molar-refractivity contribution is 7.07. The minimum absolute atomic E-state index is 0.0556. The molecule has 1 aliphatic rings. The molecule has 0 amide bonds. The molecule has 0 N–H and O–H groups in total. The molecule has 128 valence electrons. The Bertz CT molecular complexity index is 860. The zero-order valence-corrected chi connectivity index (χ0v) is 15.4. The lowest BCUT2D eigenvalue weighted by Crippen LogP contribution is -2.28. The average Bonchev–Trinajstić information content (AvgIpc) is 3.05. The topological polar surface area (TPSA) is 25.4 Å². The summed E-state index contributed by atoms with van der Waals surface area (Å²) in [4.78, 5) is 7.12. The molecule has 2 aromatic heterocycles. The third-order valence-corrected chi connectivity index (χ3v) is 5.25. The summed E-state index contributed by atoms with van der Waals surface area (Å²) in [5, 5.41) is 4.30. The van der Waals surface area contributed by atoms with Gasteiger partial charge in [-0.2, -0.15) is 11.3 Å². The molecule has 4 heteroatoms. The van der Waals surface area contributed by atoms with Crippen LogP contribution >= 0.6 is 11.3 Å². The van der Waals surface area contributed by atoms with Gasteiger partial charge in [0.05, 0.1) is 5.69 Å². The Balaban J connectivity index is 1.66. The van der Waals surface area contributed by atoms with Gasteiger partial charge < -0.3 is 4.74 Å². The highest BCUT2D eigenvalue weighted by Gasteiger charge is 2.25. The van der Waals surface area contributed by atoms with Crippen LogP contribution in [0.5, 0.6) is 5.75 Å². The van der Waals surface area contributed by atoms with Gasteiger partial charge >= 0.3 is 0 Å². The van der Waals surface area contributed by atoms with Crippen LogP contribution in [0, 0.1) is 13.8 Å². The molecule has 3 aromatic rings. The van der Waals surface area contributed by atoms with Crippen LogP contribution in [0.2, 0.25) is 0 Å². The molecule has 3 heterocycles. The molecule has 0 fully saturated rings. The number of fused-ring (bicyclic) bond motifs is 1. The molecule has 0 radical (unpaired) electrons. The highest BCUT2D eigenvalue weighted by atomic mass is 32.1. The Kier molecular flexibility index (Phi) is 4.55. The maximum atomic E-state index is 6.39. The number of aryl methyl sites for hydroxylation is 2. The van der Waals surface area contributed by atoms with E-state index in [9.17, 15) is 0 Å². The van der Waals surface area contributed by atoms with E-state index in [1.165, 1.54) is 16.7 Å². The average molecular weight is 350 g/mol. The van der Waals surface area contributed by atoms with E-state index < -0.39 is 0 Å². The number of nitrogens with zero attached hydrogens (tertiary/aromatic N) is 2. The number of benzene rings is 1. The van der Waals surface area contributed by atoms with Crippen LogP contribution in [-0.4, -0.2) is 16.4 Å². The molecular formula is C21H22N2OS. The van der Waals surface area contributed by atoms with E-state index in [0.29, 0.717) is 0 Å². The van der Waals surface area contributed by atoms with Gasteiger partial charge in [0.1, 0.15) is 11.9 Å². The second kappa shape index (κ2) is 6.98. The first-order valence-corrected chi connectivity index (χ1v) is 9.55. The van der Waals surface area contributed by atoms with E-state index >= 15 is 0 Å². The van der Waals surface area contributed by atoms with Crippen LogP contribution < -0.4 is 4.74 Å². The Hall–Kier alpha value is -2.17. The predicted octanol–water partition coefficient (Wildman–Crippen LogP) is 4.90. The molecule has 1 aliphatic heterocycles. The molecule has 1 atom stereocenters. The molecule has 0 saturated heterocycles. The van der Waals surface area contributed by atoms with Crippen LogP contribution in [0.3, 0.4) is 0 Å². The SMILES string of the molecule is Cc1ccc2c(c1)CN(Cc1cccc(C)n1)CC(c1ccsc1)O2. The summed E-state index contributed by atoms with van der Waals surface area (Å²) in [5.74, 6) is 1.00. The maximum absolute atomic E-state index is 6.39. The van der Waals surface area contributed by atoms with Crippen LogP contribution in [0.4, 0.5) is 0 Å². The molecule has 25 heavy (non-hydrogen) atoms. The van der Waals surface area contributed by atoms with Gasteiger partial charge in [-0.05, 0) is 48.9 Å². The Labute approximate surface area is 152 Å². The van der Waals surface area contributed by atoms with Crippen molar-refractivity contribution in [2.24, 2.45) is 0 Å². The second-order valence-electron chi connectivity index (χ2n) is 6.71. The summed E-state index contributed by atoms with van der Waals surface area (Å²) in [6.07, 6.45) is 0.0556. The summed E-state index contributed by atoms with van der Waals surface area (Å²) in [6.45, 7) is 6.75. The maximum Gasteiger partial charge on any atom is 0.137 e. The summed E-state index contributed by atoms with van der Waals surface area (Å²) < 4.78 is 6.39. The van der Waals surface area contributed by atoms with Crippen molar-refractivity contribution >= 4 is 11.3 Å². The van der Waals surface area contributed by atoms with E-state index in [1.54, 1.807) is 11.3 Å². The van der Waals surface area contributed by atoms with Crippen molar-refractivity contribution < 1.29 is 4.74 Å². The molecule has 0 saturated carbocycles. The quantitative estimate of drug-likeness (QED) is 0.672. The van der Waals surface area contributed by atoms with Crippen molar-refractivity contribution in [3.63, 3.8) is 0 Å². The number of ether oxygens (including phenoxy) is 1. The van der Waals surface area contributed by atoms with E-state index in [4.69, 9.17) is 4.74 Å². The van der Waals surface area contributed by atoms with E-state index in [1.807, 2.05) is 13.0 Å². The molecule has 0 bridgehead atoms. The van der Waals surface area contributed by atoms with Crippen molar-refractivity contribution in [2.75, 3.05) is 6.54 Å². The lowest BCUT2D eigenvalue weighted by molar-refractivity contribution is 0.143. The van der Waals surface area contributed by atoms with Gasteiger partial charge in [-0.25, -0.2) is 0 Å². The fourth-order valence-corrected chi connectivity index (χ4v) is 4.05. The first kappa shape index (κ1) is 16.3. The van der Waals surface area contributed by atoms with E-state index in [-0.39, 0.29) is 6.10 Å². The highest BCUT2D eigenvalue weighted by Crippen LogP contribution is 2.33. The van der Waals surface area contributed by atoms with Crippen LogP contribution in [-0.2, 0) is 13.1 Å². The monoisotopic (exact) mass is 350 g/mol. The van der Waals surface area contributed by atoms with Gasteiger partial charge in [-0.1, -0.05) is 23.8 Å². The zero-order valence-electron chi connectivity index (χ0n) is 14.6. The molecule has 0 aliphatic carbocycles. The summed E-state index contributed by atoms with van der Waals surface area (Å²) in [6, 6.07) is 14.9. The van der Waals surface area contributed by atoms with Crippen molar-refractivity contribution in [1.82, 2.24) is 9.88 Å². The minimum atomic E-state index is 0.0556. The first-order chi connectivity index (χ1) is 12.2. The Morgan fingerprint density at radius 2 is 2.12 bits per heavy atom. The molecular weight excluding hydrogens is 328 g/mol. The largest absolute Gasteiger partial charge is 0.484 e. The Morgan fingerprint density at radius 1 is 1.20 bits per heavy atom. The first-order valence-electron chi connectivity index (χ1n) is 8.60. The molecule has 1 unspecified atom stereocenters. The third-order valence-electron chi connectivity index (χ3n) is 4.55. The zero-order chi connectivity index (χ0) is 17.2. The van der Waals surface area contributed by atoms with Gasteiger partial charge in [-0.15, -0.1) is 0 Å². The lowest BCUT2D eigenvalue weighted by Gasteiger charge is -2.23.